The van der Waals surface area contributed by atoms with E-state index in [1.54, 1.807) is 0 Å². The average molecular weight is 433 g/mol. The lowest BCUT2D eigenvalue weighted by atomic mass is 9.84. The monoisotopic (exact) mass is 432 g/mol. The summed E-state index contributed by atoms with van der Waals surface area (Å²) in [6.07, 6.45) is 3.98. The first-order valence-corrected chi connectivity index (χ1v) is 10.8. The summed E-state index contributed by atoms with van der Waals surface area (Å²) < 4.78 is 0. The minimum absolute atomic E-state index is 0.0773. The molecule has 2 amide bonds. The van der Waals surface area contributed by atoms with Gasteiger partial charge in [-0.3, -0.25) is 9.59 Å². The van der Waals surface area contributed by atoms with Gasteiger partial charge >= 0.3 is 0 Å². The average Bonchev–Trinajstić information content (AvgIpc) is 2.72. The fraction of sp³-hybridized carbons (Fsp3) is 0.900. The summed E-state index contributed by atoms with van der Waals surface area (Å²) in [5.74, 6) is -0.221. The number of aliphatic hydroxyl groups is 4. The maximum Gasteiger partial charge on any atom is 0.239 e. The minimum Gasteiger partial charge on any atom is -0.394 e. The Hall–Kier alpha value is -1.30. The van der Waals surface area contributed by atoms with Crippen molar-refractivity contribution in [1.29, 1.82) is 0 Å². The smallest absolute Gasteiger partial charge is 0.239 e. The van der Waals surface area contributed by atoms with Gasteiger partial charge in [-0.15, -0.1) is 0 Å². The van der Waals surface area contributed by atoms with Crippen LogP contribution < -0.4 is 22.1 Å². The summed E-state index contributed by atoms with van der Waals surface area (Å²) in [7, 11) is 0. The molecule has 2 aliphatic rings. The zero-order valence-electron chi connectivity index (χ0n) is 18.0. The fourth-order valence-corrected chi connectivity index (χ4v) is 3.80. The molecule has 0 radical (unpaired) electrons. The van der Waals surface area contributed by atoms with Gasteiger partial charge < -0.3 is 42.5 Å². The van der Waals surface area contributed by atoms with E-state index in [1.165, 1.54) is 0 Å². The fourth-order valence-electron chi connectivity index (χ4n) is 3.80. The largest absolute Gasteiger partial charge is 0.394 e. The van der Waals surface area contributed by atoms with Crippen molar-refractivity contribution < 1.29 is 30.0 Å². The highest BCUT2D eigenvalue weighted by Crippen LogP contribution is 2.25. The van der Waals surface area contributed by atoms with Crippen molar-refractivity contribution in [2.75, 3.05) is 13.2 Å². The molecule has 30 heavy (non-hydrogen) atoms. The van der Waals surface area contributed by atoms with Crippen LogP contribution in [-0.4, -0.2) is 81.8 Å². The molecule has 10 heteroatoms. The lowest BCUT2D eigenvalue weighted by molar-refractivity contribution is -0.125. The number of nitrogens with one attached hydrogen (secondary N) is 2. The Balaban J connectivity index is 0.000000300. The molecule has 2 aliphatic carbocycles. The topological polar surface area (TPSA) is 191 Å². The number of amides is 2. The van der Waals surface area contributed by atoms with Gasteiger partial charge in [0.1, 0.15) is 12.1 Å². The van der Waals surface area contributed by atoms with Crippen molar-refractivity contribution in [1.82, 2.24) is 10.6 Å². The van der Waals surface area contributed by atoms with E-state index in [4.69, 9.17) is 21.7 Å². The minimum atomic E-state index is -0.841. The van der Waals surface area contributed by atoms with Crippen molar-refractivity contribution in [3.05, 3.63) is 0 Å². The van der Waals surface area contributed by atoms with Gasteiger partial charge in [0.05, 0.1) is 25.4 Å². The molecule has 10 N–H and O–H groups in total. The van der Waals surface area contributed by atoms with Crippen LogP contribution in [0.4, 0.5) is 0 Å². The molecule has 0 aromatic carbocycles. The van der Waals surface area contributed by atoms with E-state index < -0.39 is 12.1 Å². The molecule has 2 fully saturated rings. The quantitative estimate of drug-likeness (QED) is 0.235. The number of hydrogen-bond donors (Lipinski definition) is 8. The third kappa shape index (κ3) is 8.83. The summed E-state index contributed by atoms with van der Waals surface area (Å²) in [5.41, 5.74) is 10.8. The highest BCUT2D eigenvalue weighted by atomic mass is 16.3. The van der Waals surface area contributed by atoms with Crippen molar-refractivity contribution >= 4 is 11.8 Å². The second-order valence-corrected chi connectivity index (χ2v) is 8.70. The van der Waals surface area contributed by atoms with E-state index in [1.807, 2.05) is 13.8 Å². The van der Waals surface area contributed by atoms with Crippen LogP contribution in [-0.2, 0) is 9.59 Å². The highest BCUT2D eigenvalue weighted by Gasteiger charge is 2.28. The van der Waals surface area contributed by atoms with Crippen molar-refractivity contribution in [3.8, 4) is 0 Å². The van der Waals surface area contributed by atoms with Crippen molar-refractivity contribution in [2.45, 2.75) is 88.7 Å². The molecule has 2 saturated carbocycles. The van der Waals surface area contributed by atoms with Crippen LogP contribution in [0.3, 0.4) is 0 Å². The Morgan fingerprint density at radius 3 is 1.40 bits per heavy atom. The van der Waals surface area contributed by atoms with Gasteiger partial charge in [-0.2, -0.15) is 0 Å². The van der Waals surface area contributed by atoms with Gasteiger partial charge in [-0.1, -0.05) is 13.8 Å². The molecule has 8 atom stereocenters. The first kappa shape index (κ1) is 26.7. The lowest BCUT2D eigenvalue weighted by Crippen LogP contribution is -2.49. The molecule has 0 bridgehead atoms. The molecule has 0 spiro atoms. The SMILES string of the molecule is C[C@@H]1C[C@@H](NC(=O)[C@@H](N)CO)CC[C@H]1O.C[C@H]1C[C@H](NC(=O)[C@@H](N)CO)CC[C@@H]1O. The molecular weight excluding hydrogens is 392 g/mol. The summed E-state index contributed by atoms with van der Waals surface area (Å²) in [6.45, 7) is 3.26. The number of nitrogens with two attached hydrogens (primary N) is 2. The number of rotatable bonds is 6. The second kappa shape index (κ2) is 13.2. The van der Waals surface area contributed by atoms with Gasteiger partial charge in [0, 0.05) is 12.1 Å². The van der Waals surface area contributed by atoms with E-state index in [-0.39, 0.29) is 61.2 Å². The van der Waals surface area contributed by atoms with Gasteiger partial charge in [0.15, 0.2) is 0 Å². The van der Waals surface area contributed by atoms with Crippen LogP contribution in [0.25, 0.3) is 0 Å². The first-order valence-electron chi connectivity index (χ1n) is 10.8. The molecule has 0 aliphatic heterocycles. The summed E-state index contributed by atoms with van der Waals surface area (Å²) in [6, 6.07) is -1.53. The van der Waals surface area contributed by atoms with Crippen LogP contribution >= 0.6 is 0 Å². The van der Waals surface area contributed by atoms with E-state index in [0.717, 1.165) is 25.7 Å². The molecule has 2 rings (SSSR count). The predicted octanol–water partition coefficient (Wildman–Crippen LogP) is -2.06. The maximum absolute atomic E-state index is 11.4. The Kier molecular flexibility index (Phi) is 11.7. The molecule has 0 aromatic rings. The number of hydrogen-bond acceptors (Lipinski definition) is 8. The molecule has 0 unspecified atom stereocenters. The lowest BCUT2D eigenvalue weighted by Gasteiger charge is -2.32. The van der Waals surface area contributed by atoms with E-state index in [0.29, 0.717) is 12.8 Å². The number of carbonyl (C=O) groups is 2. The van der Waals surface area contributed by atoms with E-state index >= 15 is 0 Å². The third-order valence-electron chi connectivity index (χ3n) is 6.01. The van der Waals surface area contributed by atoms with E-state index in [2.05, 4.69) is 10.6 Å². The Bertz CT molecular complexity index is 491. The van der Waals surface area contributed by atoms with E-state index in [9.17, 15) is 19.8 Å². The Morgan fingerprint density at radius 1 is 0.800 bits per heavy atom. The summed E-state index contributed by atoms with van der Waals surface area (Å²) in [5, 5.41) is 42.0. The molecule has 0 saturated heterocycles. The Labute approximate surface area is 178 Å². The molecule has 176 valence electrons. The van der Waals surface area contributed by atoms with Crippen LogP contribution in [0.5, 0.6) is 0 Å². The standard InChI is InChI=1S/2C10H20N2O3/c2*1-6-4-7(2-3-9(6)14)12-10(15)8(11)5-13/h2*6-9,13-14H,2-5,11H2,1H3,(H,12,15)/t6-,7+,8+,9-;6-,7+,8-,9-/m10/s1. The van der Waals surface area contributed by atoms with Crippen LogP contribution in [0.1, 0.15) is 52.4 Å². The molecule has 10 nitrogen and oxygen atoms in total. The summed E-state index contributed by atoms with van der Waals surface area (Å²) >= 11 is 0. The Morgan fingerprint density at radius 2 is 1.13 bits per heavy atom. The first-order chi connectivity index (χ1) is 14.1. The third-order valence-corrected chi connectivity index (χ3v) is 6.01. The maximum atomic E-state index is 11.4. The number of aliphatic hydroxyl groups excluding tert-OH is 4. The second-order valence-electron chi connectivity index (χ2n) is 8.70. The van der Waals surface area contributed by atoms with Gasteiger partial charge in [-0.05, 0) is 50.4 Å². The summed E-state index contributed by atoms with van der Waals surface area (Å²) in [4.78, 5) is 22.7. The van der Waals surface area contributed by atoms with Gasteiger partial charge in [-0.25, -0.2) is 0 Å². The molecular formula is C20H40N4O6. The zero-order valence-corrected chi connectivity index (χ0v) is 18.0. The van der Waals surface area contributed by atoms with Crippen LogP contribution in [0.15, 0.2) is 0 Å². The number of carbonyl (C=O) groups excluding carboxylic acids is 2. The zero-order chi connectivity index (χ0) is 22.8. The van der Waals surface area contributed by atoms with Crippen LogP contribution in [0, 0.1) is 11.8 Å². The molecule has 0 heterocycles. The normalized spacial score (nSPS) is 33.5. The molecule has 0 aromatic heterocycles. The van der Waals surface area contributed by atoms with Gasteiger partial charge in [0.25, 0.3) is 0 Å². The predicted molar refractivity (Wildman–Crippen MR) is 112 cm³/mol. The van der Waals surface area contributed by atoms with Gasteiger partial charge in [0.2, 0.25) is 11.8 Å². The van der Waals surface area contributed by atoms with Crippen molar-refractivity contribution in [2.24, 2.45) is 23.3 Å². The van der Waals surface area contributed by atoms with Crippen molar-refractivity contribution in [3.63, 3.8) is 0 Å². The van der Waals surface area contributed by atoms with Crippen LogP contribution in [0.2, 0.25) is 0 Å². The highest BCUT2D eigenvalue weighted by molar-refractivity contribution is 5.82.